The summed E-state index contributed by atoms with van der Waals surface area (Å²) in [6.45, 7) is -1.71. The van der Waals surface area contributed by atoms with E-state index in [-0.39, 0.29) is 0 Å². The molecule has 0 saturated heterocycles. The van der Waals surface area contributed by atoms with Gasteiger partial charge in [0.2, 0.25) is 0 Å². The number of aliphatic hydroxyl groups excluding tert-OH is 5. The number of hydrogen-bond acceptors (Lipinski definition) is 8. The van der Waals surface area contributed by atoms with Crippen LogP contribution in [-0.4, -0.2) is 77.8 Å². The van der Waals surface area contributed by atoms with Gasteiger partial charge in [-0.2, -0.15) is 8.42 Å². The summed E-state index contributed by atoms with van der Waals surface area (Å²) in [4.78, 5) is 0. The molecule has 0 amide bonds. The molecule has 0 spiro atoms. The number of rotatable bonds is 7. The second kappa shape index (κ2) is 6.45. The molecular weight excluding hydrogens is 244 g/mol. The Morgan fingerprint density at radius 1 is 1.06 bits per heavy atom. The monoisotopic (exact) mass is 260 g/mol. The first-order chi connectivity index (χ1) is 7.22. The molecule has 0 aromatic carbocycles. The fraction of sp³-hybridized carbons (Fsp3) is 1.00. The molecule has 4 atom stereocenters. The van der Waals surface area contributed by atoms with Crippen LogP contribution >= 0.6 is 0 Å². The molecular formula is C7H16O8S. The van der Waals surface area contributed by atoms with Gasteiger partial charge in [0.1, 0.15) is 24.4 Å². The van der Waals surface area contributed by atoms with E-state index in [9.17, 15) is 18.6 Å². The summed E-state index contributed by atoms with van der Waals surface area (Å²) in [6, 6.07) is 0. The Bertz CT molecular complexity index is 289. The Morgan fingerprint density at radius 3 is 1.81 bits per heavy atom. The first-order valence-electron chi connectivity index (χ1n) is 4.37. The summed E-state index contributed by atoms with van der Waals surface area (Å²) in [6.07, 6.45) is -6.30. The van der Waals surface area contributed by atoms with Crippen LogP contribution in [0.15, 0.2) is 0 Å². The van der Waals surface area contributed by atoms with Gasteiger partial charge in [0.15, 0.2) is 0 Å². The van der Waals surface area contributed by atoms with E-state index in [0.29, 0.717) is 6.26 Å². The normalized spacial score (nSPS) is 20.1. The highest BCUT2D eigenvalue weighted by Crippen LogP contribution is 2.12. The molecule has 8 nitrogen and oxygen atoms in total. The smallest absolute Gasteiger partial charge is 0.264 e. The minimum atomic E-state index is -3.99. The van der Waals surface area contributed by atoms with Gasteiger partial charge in [0.25, 0.3) is 10.1 Å². The van der Waals surface area contributed by atoms with Crippen molar-refractivity contribution in [2.75, 3.05) is 19.5 Å². The lowest BCUT2D eigenvalue weighted by molar-refractivity contribution is -0.111. The van der Waals surface area contributed by atoms with Crippen LogP contribution in [0, 0.1) is 0 Å². The summed E-state index contributed by atoms with van der Waals surface area (Å²) in [5.41, 5.74) is 0. The van der Waals surface area contributed by atoms with Gasteiger partial charge in [-0.1, -0.05) is 0 Å². The largest absolute Gasteiger partial charge is 0.394 e. The van der Waals surface area contributed by atoms with Gasteiger partial charge in [-0.15, -0.1) is 0 Å². The predicted octanol–water partition coefficient (Wildman–Crippen LogP) is -3.60. The van der Waals surface area contributed by atoms with Gasteiger partial charge in [-0.3, -0.25) is 4.18 Å². The molecule has 0 radical (unpaired) electrons. The first kappa shape index (κ1) is 15.7. The van der Waals surface area contributed by atoms with Crippen LogP contribution in [0.4, 0.5) is 0 Å². The second-order valence-corrected chi connectivity index (χ2v) is 4.86. The van der Waals surface area contributed by atoms with Crippen molar-refractivity contribution in [3.8, 4) is 0 Å². The Hall–Kier alpha value is -0.290. The van der Waals surface area contributed by atoms with E-state index in [4.69, 9.17) is 15.3 Å². The van der Waals surface area contributed by atoms with Crippen molar-refractivity contribution >= 4 is 10.1 Å². The summed E-state index contributed by atoms with van der Waals surface area (Å²) in [5, 5.41) is 44.8. The number of hydrogen-bond donors (Lipinski definition) is 5. The van der Waals surface area contributed by atoms with Crippen molar-refractivity contribution in [3.05, 3.63) is 0 Å². The quantitative estimate of drug-likeness (QED) is 0.295. The van der Waals surface area contributed by atoms with Gasteiger partial charge in [-0.25, -0.2) is 0 Å². The van der Waals surface area contributed by atoms with E-state index in [2.05, 4.69) is 4.18 Å². The Labute approximate surface area is 92.8 Å². The topological polar surface area (TPSA) is 145 Å². The van der Waals surface area contributed by atoms with Gasteiger partial charge in [-0.05, 0) is 0 Å². The van der Waals surface area contributed by atoms with Crippen molar-refractivity contribution in [2.45, 2.75) is 24.4 Å². The first-order valence-corrected chi connectivity index (χ1v) is 6.18. The Morgan fingerprint density at radius 2 is 1.50 bits per heavy atom. The van der Waals surface area contributed by atoms with Crippen LogP contribution in [0.2, 0.25) is 0 Å². The van der Waals surface area contributed by atoms with Crippen LogP contribution in [0.1, 0.15) is 0 Å². The summed E-state index contributed by atoms with van der Waals surface area (Å²) in [7, 11) is -3.99. The van der Waals surface area contributed by atoms with Crippen molar-refractivity contribution in [3.63, 3.8) is 0 Å². The zero-order valence-electron chi connectivity index (χ0n) is 8.59. The molecule has 0 aromatic rings. The lowest BCUT2D eigenvalue weighted by Crippen LogP contribution is -2.49. The molecule has 9 heteroatoms. The minimum Gasteiger partial charge on any atom is -0.394 e. The van der Waals surface area contributed by atoms with Gasteiger partial charge < -0.3 is 25.5 Å². The van der Waals surface area contributed by atoms with Gasteiger partial charge in [0.05, 0.1) is 19.5 Å². The zero-order chi connectivity index (χ0) is 12.9. The SMILES string of the molecule is CS(=O)(=O)O[C@@H]([C@H](O)[C@H](O)CO)[C@H](O)CO. The molecule has 5 N–H and O–H groups in total. The maximum absolute atomic E-state index is 10.8. The third-order valence-electron chi connectivity index (χ3n) is 1.77. The fourth-order valence-electron chi connectivity index (χ4n) is 0.981. The predicted molar refractivity (Wildman–Crippen MR) is 51.9 cm³/mol. The van der Waals surface area contributed by atoms with Crippen LogP contribution in [0.3, 0.4) is 0 Å². The highest BCUT2D eigenvalue weighted by atomic mass is 32.2. The van der Waals surface area contributed by atoms with Crippen molar-refractivity contribution in [1.82, 2.24) is 0 Å². The van der Waals surface area contributed by atoms with Crippen molar-refractivity contribution < 1.29 is 38.1 Å². The van der Waals surface area contributed by atoms with Crippen LogP contribution in [0.5, 0.6) is 0 Å². The standard InChI is InChI=1S/C7H16O8S/c1-16(13,14)15-7(5(11)3-9)6(12)4(10)2-8/h4-12H,2-3H2,1H3/t4-,5-,6-,7-/m1/s1. The molecule has 0 aliphatic carbocycles. The fourth-order valence-corrected chi connectivity index (χ4v) is 1.63. The molecule has 0 heterocycles. The molecule has 98 valence electrons. The zero-order valence-corrected chi connectivity index (χ0v) is 9.41. The van der Waals surface area contributed by atoms with E-state index in [1.165, 1.54) is 0 Å². The van der Waals surface area contributed by atoms with Crippen molar-refractivity contribution in [1.29, 1.82) is 0 Å². The second-order valence-electron chi connectivity index (χ2n) is 3.26. The molecule has 0 rings (SSSR count). The highest BCUT2D eigenvalue weighted by molar-refractivity contribution is 7.86. The number of aliphatic hydroxyl groups is 5. The molecule has 0 unspecified atom stereocenters. The van der Waals surface area contributed by atoms with E-state index < -0.39 is 47.7 Å². The molecule has 0 aromatic heterocycles. The molecule has 0 saturated carbocycles. The third kappa shape index (κ3) is 5.16. The van der Waals surface area contributed by atoms with Crippen LogP contribution in [0.25, 0.3) is 0 Å². The van der Waals surface area contributed by atoms with E-state index in [0.717, 1.165) is 0 Å². The maximum atomic E-state index is 10.8. The average Bonchev–Trinajstić information content (AvgIpc) is 2.21. The summed E-state index contributed by atoms with van der Waals surface area (Å²) < 4.78 is 25.9. The molecule has 0 bridgehead atoms. The van der Waals surface area contributed by atoms with Crippen molar-refractivity contribution in [2.24, 2.45) is 0 Å². The Kier molecular flexibility index (Phi) is 6.33. The average molecular weight is 260 g/mol. The van der Waals surface area contributed by atoms with Gasteiger partial charge >= 0.3 is 0 Å². The molecule has 16 heavy (non-hydrogen) atoms. The summed E-state index contributed by atoms with van der Waals surface area (Å²) in [5.74, 6) is 0. The third-order valence-corrected chi connectivity index (χ3v) is 2.34. The van der Waals surface area contributed by atoms with E-state index in [1.807, 2.05) is 0 Å². The van der Waals surface area contributed by atoms with E-state index >= 15 is 0 Å². The molecule has 0 aliphatic heterocycles. The van der Waals surface area contributed by atoms with E-state index in [1.54, 1.807) is 0 Å². The summed E-state index contributed by atoms with van der Waals surface area (Å²) >= 11 is 0. The van der Waals surface area contributed by atoms with Crippen LogP contribution < -0.4 is 0 Å². The van der Waals surface area contributed by atoms with Crippen LogP contribution in [-0.2, 0) is 14.3 Å². The maximum Gasteiger partial charge on any atom is 0.264 e. The lowest BCUT2D eigenvalue weighted by Gasteiger charge is -2.27. The minimum absolute atomic E-state index is 0.683. The molecule has 0 aliphatic rings. The molecule has 0 fully saturated rings. The van der Waals surface area contributed by atoms with Gasteiger partial charge in [0, 0.05) is 0 Å². The lowest BCUT2D eigenvalue weighted by atomic mass is 10.0. The Balaban J connectivity index is 4.80. The highest BCUT2D eigenvalue weighted by Gasteiger charge is 2.35.